The van der Waals surface area contributed by atoms with Gasteiger partial charge < -0.3 is 20.4 Å². The highest BCUT2D eigenvalue weighted by atomic mass is 35.5. The predicted molar refractivity (Wildman–Crippen MR) is 147 cm³/mol. The molecule has 8 nitrogen and oxygen atoms in total. The lowest BCUT2D eigenvalue weighted by molar-refractivity contribution is 0.481. The third kappa shape index (κ3) is 6.22. The second kappa shape index (κ2) is 11.7. The Labute approximate surface area is 227 Å². The van der Waals surface area contributed by atoms with Crippen molar-refractivity contribution in [2.24, 2.45) is 11.7 Å². The minimum Gasteiger partial charge on any atom is -0.456 e. The number of hydrogen-bond acceptors (Lipinski definition) is 7. The lowest BCUT2D eigenvalue weighted by atomic mass is 10.3. The van der Waals surface area contributed by atoms with Gasteiger partial charge in [-0.15, -0.1) is 24.8 Å². The van der Waals surface area contributed by atoms with E-state index in [1.54, 1.807) is 36.4 Å². The number of hydrogen-bond donors (Lipinski definition) is 2. The van der Waals surface area contributed by atoms with Gasteiger partial charge in [0.05, 0.1) is 21.2 Å². The maximum absolute atomic E-state index is 12.6. The van der Waals surface area contributed by atoms with Crippen LogP contribution in [0.2, 0.25) is 5.02 Å². The number of fused-ring (bicyclic) bond motifs is 1. The number of benzene rings is 2. The Morgan fingerprint density at radius 2 is 1.92 bits per heavy atom. The Morgan fingerprint density at radius 3 is 2.64 bits per heavy atom. The zero-order valence-corrected chi connectivity index (χ0v) is 22.3. The van der Waals surface area contributed by atoms with Crippen LogP contribution in [0, 0.1) is 5.92 Å². The van der Waals surface area contributed by atoms with Crippen LogP contribution in [0.25, 0.3) is 11.0 Å². The molecule has 2 aromatic heterocycles. The highest BCUT2D eigenvalue weighted by Gasteiger charge is 2.29. The quantitative estimate of drug-likeness (QED) is 0.269. The monoisotopic (exact) mass is 569 g/mol. The number of anilines is 2. The molecule has 1 fully saturated rings. The molecule has 2 aromatic carbocycles. The van der Waals surface area contributed by atoms with Crippen LogP contribution < -0.4 is 15.8 Å². The van der Waals surface area contributed by atoms with Gasteiger partial charge in [-0.2, -0.15) is 0 Å². The molecular weight excluding hydrogens is 545 g/mol. The number of ether oxygens (including phenoxy) is 1. The fourth-order valence-corrected chi connectivity index (χ4v) is 5.74. The first-order chi connectivity index (χ1) is 16.4. The number of halogens is 3. The lowest BCUT2D eigenvalue weighted by Gasteiger charge is -2.13. The van der Waals surface area contributed by atoms with E-state index in [1.165, 1.54) is 6.33 Å². The van der Waals surface area contributed by atoms with Crippen LogP contribution in [0.4, 0.5) is 11.5 Å². The summed E-state index contributed by atoms with van der Waals surface area (Å²) >= 11 is 6.49. The van der Waals surface area contributed by atoms with E-state index in [-0.39, 0.29) is 41.4 Å². The summed E-state index contributed by atoms with van der Waals surface area (Å²) in [5, 5.41) is 3.66. The average Bonchev–Trinajstić information content (AvgIpc) is 3.52. The van der Waals surface area contributed by atoms with Gasteiger partial charge >= 0.3 is 0 Å². The van der Waals surface area contributed by atoms with Crippen molar-refractivity contribution in [3.05, 3.63) is 66.1 Å². The topological polar surface area (TPSA) is 112 Å². The van der Waals surface area contributed by atoms with Crippen molar-refractivity contribution in [3.8, 4) is 11.5 Å². The van der Waals surface area contributed by atoms with Gasteiger partial charge in [0.1, 0.15) is 23.3 Å². The van der Waals surface area contributed by atoms with Gasteiger partial charge in [0.2, 0.25) is 0 Å². The molecule has 0 saturated heterocycles. The molecule has 4 aromatic rings. The second-order valence-corrected chi connectivity index (χ2v) is 10.8. The number of nitrogens with one attached hydrogen (secondary N) is 1. The molecule has 0 radical (unpaired) electrons. The first kappa shape index (κ1) is 28.0. The van der Waals surface area contributed by atoms with E-state index in [4.69, 9.17) is 22.1 Å². The fraction of sp³-hybridized carbons (Fsp3) is 0.250. The number of nitrogens with zero attached hydrogens (tertiary/aromatic N) is 3. The van der Waals surface area contributed by atoms with E-state index in [1.807, 2.05) is 22.9 Å². The Kier molecular flexibility index (Phi) is 9.08. The highest BCUT2D eigenvalue weighted by molar-refractivity contribution is 7.91. The van der Waals surface area contributed by atoms with Gasteiger partial charge in [0, 0.05) is 25.0 Å². The summed E-state index contributed by atoms with van der Waals surface area (Å²) < 4.78 is 33.1. The van der Waals surface area contributed by atoms with Crippen LogP contribution in [-0.4, -0.2) is 35.3 Å². The summed E-state index contributed by atoms with van der Waals surface area (Å²) in [6.07, 6.45) is 5.39. The summed E-state index contributed by atoms with van der Waals surface area (Å²) in [5.74, 6) is 1.93. The van der Waals surface area contributed by atoms with Crippen molar-refractivity contribution < 1.29 is 13.2 Å². The Morgan fingerprint density at radius 1 is 1.11 bits per heavy atom. The zero-order chi connectivity index (χ0) is 23.7. The smallest absolute Gasteiger partial charge is 0.178 e. The van der Waals surface area contributed by atoms with E-state index < -0.39 is 9.84 Å². The van der Waals surface area contributed by atoms with Gasteiger partial charge in [-0.05, 0) is 61.2 Å². The van der Waals surface area contributed by atoms with Crippen molar-refractivity contribution in [1.29, 1.82) is 0 Å². The maximum Gasteiger partial charge on any atom is 0.178 e. The van der Waals surface area contributed by atoms with E-state index >= 15 is 0 Å². The summed E-state index contributed by atoms with van der Waals surface area (Å²) in [6, 6.07) is 13.7. The number of aromatic nitrogens is 3. The standard InChI is InChI=1S/C24H24ClN5O3S.2ClH/c25-20-12-17(29-24-23-21(27-15-28-24)8-10-30(23)11-9-26)6-7-22(20)33-18-2-1-3-19(13-18)34(31,32)14-16-4-5-16;;/h1-3,6-8,10,12-13,15-16H,4-5,9,11,14,26H2,(H,27,28,29);2*1H. The van der Waals surface area contributed by atoms with Gasteiger partial charge in [0.25, 0.3) is 0 Å². The first-order valence-electron chi connectivity index (χ1n) is 11.0. The van der Waals surface area contributed by atoms with Crippen LogP contribution in [-0.2, 0) is 16.4 Å². The summed E-state index contributed by atoms with van der Waals surface area (Å²) in [7, 11) is -3.33. The van der Waals surface area contributed by atoms with Gasteiger partial charge in [-0.3, -0.25) is 0 Å². The van der Waals surface area contributed by atoms with E-state index in [0.717, 1.165) is 29.6 Å². The minimum atomic E-state index is -3.33. The van der Waals surface area contributed by atoms with Gasteiger partial charge in [-0.25, -0.2) is 18.4 Å². The third-order valence-corrected chi connectivity index (χ3v) is 7.84. The van der Waals surface area contributed by atoms with Crippen LogP contribution in [0.5, 0.6) is 11.5 Å². The summed E-state index contributed by atoms with van der Waals surface area (Å²) in [6.45, 7) is 1.15. The Bertz CT molecular complexity index is 1460. The van der Waals surface area contributed by atoms with Crippen LogP contribution in [0.15, 0.2) is 66.0 Å². The normalized spacial score (nSPS) is 13.1. The first-order valence-corrected chi connectivity index (χ1v) is 13.0. The molecule has 3 N–H and O–H groups in total. The number of rotatable bonds is 9. The van der Waals surface area contributed by atoms with Crippen LogP contribution in [0.3, 0.4) is 0 Å². The molecule has 0 bridgehead atoms. The summed E-state index contributed by atoms with van der Waals surface area (Å²) in [5.41, 5.74) is 8.11. The van der Waals surface area contributed by atoms with E-state index in [0.29, 0.717) is 35.4 Å². The van der Waals surface area contributed by atoms with Crippen molar-refractivity contribution >= 4 is 68.8 Å². The fourth-order valence-electron chi connectivity index (χ4n) is 3.80. The van der Waals surface area contributed by atoms with Crippen molar-refractivity contribution in [1.82, 2.24) is 14.5 Å². The molecule has 2 heterocycles. The number of sulfone groups is 1. The maximum atomic E-state index is 12.6. The molecule has 192 valence electrons. The van der Waals surface area contributed by atoms with Crippen molar-refractivity contribution in [2.45, 2.75) is 24.3 Å². The van der Waals surface area contributed by atoms with Crippen LogP contribution >= 0.6 is 36.4 Å². The molecule has 12 heteroatoms. The second-order valence-electron chi connectivity index (χ2n) is 8.33. The third-order valence-electron chi connectivity index (χ3n) is 5.66. The van der Waals surface area contributed by atoms with Crippen molar-refractivity contribution in [2.75, 3.05) is 17.6 Å². The molecular formula is C24H26Cl3N5O3S. The van der Waals surface area contributed by atoms with E-state index in [9.17, 15) is 8.42 Å². The van der Waals surface area contributed by atoms with Gasteiger partial charge in [0.15, 0.2) is 15.7 Å². The molecule has 36 heavy (non-hydrogen) atoms. The number of nitrogens with two attached hydrogens (primary N) is 1. The highest BCUT2D eigenvalue weighted by Crippen LogP contribution is 2.35. The Hall–Kier alpha value is -2.56. The zero-order valence-electron chi connectivity index (χ0n) is 19.1. The SMILES string of the molecule is Cl.Cl.NCCn1ccc2ncnc(Nc3ccc(Oc4cccc(S(=O)(=O)CC5CC5)c4)c(Cl)c3)c21. The summed E-state index contributed by atoms with van der Waals surface area (Å²) in [4.78, 5) is 8.95. The molecule has 0 amide bonds. The predicted octanol–water partition coefficient (Wildman–Crippen LogP) is 5.61. The molecule has 1 aliphatic rings. The van der Waals surface area contributed by atoms with Crippen LogP contribution in [0.1, 0.15) is 12.8 Å². The minimum absolute atomic E-state index is 0. The molecule has 1 saturated carbocycles. The molecule has 0 aliphatic heterocycles. The average molecular weight is 571 g/mol. The van der Waals surface area contributed by atoms with E-state index in [2.05, 4.69) is 15.3 Å². The Balaban J connectivity index is 0.00000180. The molecule has 1 aliphatic carbocycles. The lowest BCUT2D eigenvalue weighted by Crippen LogP contribution is -2.10. The van der Waals surface area contributed by atoms with Crippen molar-refractivity contribution in [3.63, 3.8) is 0 Å². The van der Waals surface area contributed by atoms with Gasteiger partial charge in [-0.1, -0.05) is 17.7 Å². The molecule has 5 rings (SSSR count). The molecule has 0 spiro atoms. The molecule has 0 atom stereocenters. The largest absolute Gasteiger partial charge is 0.456 e. The molecule has 0 unspecified atom stereocenters.